The van der Waals surface area contributed by atoms with Crippen LogP contribution < -0.4 is 14.5 Å². The minimum atomic E-state index is 0.112. The summed E-state index contributed by atoms with van der Waals surface area (Å²) in [6.45, 7) is 5.02. The Morgan fingerprint density at radius 3 is 2.32 bits per heavy atom. The number of carbonyl (C=O) groups is 1. The van der Waals surface area contributed by atoms with Crippen LogP contribution in [0.5, 0.6) is 5.75 Å². The number of benzene rings is 2. The van der Waals surface area contributed by atoms with Crippen molar-refractivity contribution < 1.29 is 9.53 Å². The Kier molecular flexibility index (Phi) is 6.94. The Labute approximate surface area is 205 Å². The number of hydrogen-bond donors (Lipinski definition) is 0. The molecule has 2 fully saturated rings. The molecule has 7 nitrogen and oxygen atoms in total. The van der Waals surface area contributed by atoms with E-state index in [4.69, 9.17) is 9.72 Å². The van der Waals surface area contributed by atoms with Crippen LogP contribution in [0, 0.1) is 5.92 Å². The zero-order chi connectivity index (χ0) is 23.3. The van der Waals surface area contributed by atoms with Gasteiger partial charge in [0.1, 0.15) is 11.6 Å². The summed E-state index contributed by atoms with van der Waals surface area (Å²) in [6, 6.07) is 18.5. The van der Waals surface area contributed by atoms with Crippen LogP contribution in [0.15, 0.2) is 54.6 Å². The number of hydrogen-bond acceptors (Lipinski definition) is 7. The Morgan fingerprint density at radius 2 is 1.65 bits per heavy atom. The minimum absolute atomic E-state index is 0.112. The predicted octanol–water partition coefficient (Wildman–Crippen LogP) is 3.70. The second-order valence-electron chi connectivity index (χ2n) is 8.93. The zero-order valence-corrected chi connectivity index (χ0v) is 20.4. The van der Waals surface area contributed by atoms with Crippen molar-refractivity contribution >= 4 is 28.3 Å². The third-order valence-corrected chi connectivity index (χ3v) is 7.62. The summed E-state index contributed by atoms with van der Waals surface area (Å²) in [5.41, 5.74) is 2.41. The molecule has 3 heterocycles. The lowest BCUT2D eigenvalue weighted by atomic mass is 9.95. The molecule has 0 atom stereocenters. The van der Waals surface area contributed by atoms with Crippen molar-refractivity contribution in [3.63, 3.8) is 0 Å². The lowest BCUT2D eigenvalue weighted by Crippen LogP contribution is -2.51. The molecular formula is C26H31N5O2S. The molecule has 3 aromatic rings. The molecule has 2 aliphatic heterocycles. The Balaban J connectivity index is 1.09. The zero-order valence-electron chi connectivity index (χ0n) is 19.6. The van der Waals surface area contributed by atoms with Crippen LogP contribution in [0.25, 0.3) is 0 Å². The maximum atomic E-state index is 13.2. The van der Waals surface area contributed by atoms with Crippen LogP contribution in [0.4, 0.5) is 10.8 Å². The normalized spacial score (nSPS) is 17.1. The first kappa shape index (κ1) is 22.7. The average molecular weight is 478 g/mol. The number of nitrogens with zero attached hydrogens (tertiary/aromatic N) is 5. The molecule has 2 aliphatic rings. The molecule has 1 aromatic heterocycles. The number of piperazine rings is 1. The third-order valence-electron chi connectivity index (χ3n) is 6.81. The number of carbonyl (C=O) groups excluding carboxylic acids is 1. The lowest BCUT2D eigenvalue weighted by molar-refractivity contribution is -0.136. The summed E-state index contributed by atoms with van der Waals surface area (Å²) in [6.07, 6.45) is 2.52. The van der Waals surface area contributed by atoms with Gasteiger partial charge in [-0.2, -0.15) is 4.37 Å². The van der Waals surface area contributed by atoms with Gasteiger partial charge in [-0.15, -0.1) is 0 Å². The number of rotatable bonds is 6. The molecule has 0 bridgehead atoms. The van der Waals surface area contributed by atoms with Gasteiger partial charge < -0.3 is 19.4 Å². The predicted molar refractivity (Wildman–Crippen MR) is 136 cm³/mol. The van der Waals surface area contributed by atoms with E-state index in [1.165, 1.54) is 22.8 Å². The summed E-state index contributed by atoms with van der Waals surface area (Å²) < 4.78 is 9.81. The standard InChI is InChI=1S/C26H31N5O2S/c1-33-23-9-7-22(8-10-23)29-15-17-30(18-16-29)25(32)21-11-13-31(14-12-21)26-27-24(28-34-26)19-20-5-3-2-4-6-20/h2-10,21H,11-19H2,1H3. The number of piperidine rings is 1. The Morgan fingerprint density at radius 1 is 0.941 bits per heavy atom. The van der Waals surface area contributed by atoms with Crippen molar-refractivity contribution in [2.45, 2.75) is 19.3 Å². The van der Waals surface area contributed by atoms with Crippen LogP contribution >= 0.6 is 11.5 Å². The van der Waals surface area contributed by atoms with E-state index in [-0.39, 0.29) is 5.92 Å². The molecule has 5 rings (SSSR count). The number of ether oxygens (including phenoxy) is 1. The highest BCUT2D eigenvalue weighted by Gasteiger charge is 2.31. The van der Waals surface area contributed by atoms with E-state index in [2.05, 4.69) is 43.3 Å². The van der Waals surface area contributed by atoms with Gasteiger partial charge in [-0.1, -0.05) is 30.3 Å². The van der Waals surface area contributed by atoms with Gasteiger partial charge in [0.15, 0.2) is 0 Å². The molecule has 0 saturated carbocycles. The number of amides is 1. The van der Waals surface area contributed by atoms with Crippen LogP contribution in [-0.4, -0.2) is 66.5 Å². The van der Waals surface area contributed by atoms with Crippen LogP contribution in [0.3, 0.4) is 0 Å². The molecular weight excluding hydrogens is 446 g/mol. The minimum Gasteiger partial charge on any atom is -0.497 e. The van der Waals surface area contributed by atoms with E-state index >= 15 is 0 Å². The Bertz CT molecular complexity index is 1070. The highest BCUT2D eigenvalue weighted by atomic mass is 32.1. The van der Waals surface area contributed by atoms with E-state index in [0.717, 1.165) is 75.2 Å². The first-order valence-electron chi connectivity index (χ1n) is 12.0. The summed E-state index contributed by atoms with van der Waals surface area (Å²) in [5.74, 6) is 2.17. The summed E-state index contributed by atoms with van der Waals surface area (Å²) in [5, 5.41) is 0.977. The largest absolute Gasteiger partial charge is 0.497 e. The number of methoxy groups -OCH3 is 1. The van der Waals surface area contributed by atoms with E-state index in [1.807, 2.05) is 30.3 Å². The van der Waals surface area contributed by atoms with Crippen LogP contribution in [-0.2, 0) is 11.2 Å². The fraction of sp³-hybridized carbons (Fsp3) is 0.423. The Hall–Kier alpha value is -3.13. The van der Waals surface area contributed by atoms with Gasteiger partial charge in [-0.05, 0) is 42.7 Å². The van der Waals surface area contributed by atoms with E-state index < -0.39 is 0 Å². The van der Waals surface area contributed by atoms with Gasteiger partial charge >= 0.3 is 0 Å². The first-order valence-corrected chi connectivity index (χ1v) is 12.8. The molecule has 0 aliphatic carbocycles. The fourth-order valence-corrected chi connectivity index (χ4v) is 5.51. The molecule has 2 aromatic carbocycles. The quantitative estimate of drug-likeness (QED) is 0.540. The summed E-state index contributed by atoms with van der Waals surface area (Å²) in [4.78, 5) is 24.6. The topological polar surface area (TPSA) is 61.8 Å². The van der Waals surface area contributed by atoms with E-state index in [9.17, 15) is 4.79 Å². The van der Waals surface area contributed by atoms with Crippen molar-refractivity contribution in [1.29, 1.82) is 0 Å². The first-order chi connectivity index (χ1) is 16.7. The van der Waals surface area contributed by atoms with E-state index in [0.29, 0.717) is 5.91 Å². The fourth-order valence-electron chi connectivity index (χ4n) is 4.78. The molecule has 0 spiro atoms. The van der Waals surface area contributed by atoms with Crippen LogP contribution in [0.1, 0.15) is 24.2 Å². The highest BCUT2D eigenvalue weighted by Crippen LogP contribution is 2.27. The maximum Gasteiger partial charge on any atom is 0.225 e. The molecule has 178 valence electrons. The van der Waals surface area contributed by atoms with Crippen molar-refractivity contribution in [2.24, 2.45) is 5.92 Å². The molecule has 0 radical (unpaired) electrons. The van der Waals surface area contributed by atoms with Gasteiger partial charge in [0.2, 0.25) is 11.0 Å². The van der Waals surface area contributed by atoms with Crippen molar-refractivity contribution in [3.05, 3.63) is 66.0 Å². The lowest BCUT2D eigenvalue weighted by Gasteiger charge is -2.39. The average Bonchev–Trinajstić information content (AvgIpc) is 3.37. The van der Waals surface area contributed by atoms with Crippen LogP contribution in [0.2, 0.25) is 0 Å². The third kappa shape index (κ3) is 5.17. The highest BCUT2D eigenvalue weighted by molar-refractivity contribution is 7.09. The second kappa shape index (κ2) is 10.4. The van der Waals surface area contributed by atoms with Crippen molar-refractivity contribution in [2.75, 3.05) is 56.2 Å². The molecule has 0 N–H and O–H groups in total. The molecule has 2 saturated heterocycles. The maximum absolute atomic E-state index is 13.2. The van der Waals surface area contributed by atoms with Gasteiger partial charge in [0.25, 0.3) is 0 Å². The van der Waals surface area contributed by atoms with Crippen molar-refractivity contribution in [3.8, 4) is 5.75 Å². The molecule has 0 unspecified atom stereocenters. The van der Waals surface area contributed by atoms with E-state index in [1.54, 1.807) is 7.11 Å². The van der Waals surface area contributed by atoms with Gasteiger partial charge in [0, 0.05) is 68.8 Å². The molecule has 1 amide bonds. The second-order valence-corrected chi connectivity index (χ2v) is 9.66. The van der Waals surface area contributed by atoms with Gasteiger partial charge in [-0.25, -0.2) is 4.98 Å². The number of anilines is 2. The van der Waals surface area contributed by atoms with Crippen molar-refractivity contribution in [1.82, 2.24) is 14.3 Å². The van der Waals surface area contributed by atoms with Gasteiger partial charge in [-0.3, -0.25) is 4.79 Å². The monoisotopic (exact) mass is 477 g/mol. The smallest absolute Gasteiger partial charge is 0.225 e. The summed E-state index contributed by atoms with van der Waals surface area (Å²) in [7, 11) is 1.68. The molecule has 34 heavy (non-hydrogen) atoms. The van der Waals surface area contributed by atoms with Gasteiger partial charge in [0.05, 0.1) is 7.11 Å². The molecule has 8 heteroatoms. The summed E-state index contributed by atoms with van der Waals surface area (Å²) >= 11 is 1.47. The SMILES string of the molecule is COc1ccc(N2CCN(C(=O)C3CCN(c4nc(Cc5ccccc5)ns4)CC3)CC2)cc1. The number of aromatic nitrogens is 2.